The van der Waals surface area contributed by atoms with E-state index in [0.29, 0.717) is 6.42 Å². The summed E-state index contributed by atoms with van der Waals surface area (Å²) >= 11 is 0. The van der Waals surface area contributed by atoms with E-state index >= 15 is 0 Å². The van der Waals surface area contributed by atoms with Crippen molar-refractivity contribution in [2.45, 2.75) is 18.4 Å². The van der Waals surface area contributed by atoms with Crippen LogP contribution in [-0.4, -0.2) is 42.8 Å². The molecule has 1 fully saturated rings. The molecule has 5 heteroatoms. The van der Waals surface area contributed by atoms with Crippen molar-refractivity contribution in [2.24, 2.45) is 0 Å². The van der Waals surface area contributed by atoms with Crippen molar-refractivity contribution >= 4 is 11.9 Å². The lowest BCUT2D eigenvalue weighted by Crippen LogP contribution is -2.53. The Hall–Kier alpha value is -3.44. The maximum Gasteiger partial charge on any atom is 0.412 e. The van der Waals surface area contributed by atoms with Gasteiger partial charge in [-0.05, 0) is 27.8 Å². The van der Waals surface area contributed by atoms with Gasteiger partial charge in [-0.2, -0.15) is 0 Å². The zero-order valence-electron chi connectivity index (χ0n) is 17.1. The molecule has 1 aliphatic carbocycles. The summed E-state index contributed by atoms with van der Waals surface area (Å²) in [6, 6.07) is 25.5. The number of hydrogen-bond acceptors (Lipinski definition) is 4. The number of nitrogens with zero attached hydrogens (tertiary/aromatic N) is 1. The summed E-state index contributed by atoms with van der Waals surface area (Å²) in [7, 11) is 0. The first kappa shape index (κ1) is 19.5. The topological polar surface area (TPSA) is 55.8 Å². The molecule has 0 spiro atoms. The highest BCUT2D eigenvalue weighted by Gasteiger charge is 2.36. The van der Waals surface area contributed by atoms with E-state index in [1.807, 2.05) is 54.6 Å². The van der Waals surface area contributed by atoms with Gasteiger partial charge in [0.1, 0.15) is 26.0 Å². The Balaban J connectivity index is 1.33. The van der Waals surface area contributed by atoms with Crippen LogP contribution in [0.4, 0.5) is 4.79 Å². The molecule has 5 rings (SSSR count). The summed E-state index contributed by atoms with van der Waals surface area (Å²) in [5.41, 5.74) is 5.67. The van der Waals surface area contributed by atoms with Crippen LogP contribution in [0.1, 0.15) is 22.6 Å². The second-order valence-corrected chi connectivity index (χ2v) is 7.92. The van der Waals surface area contributed by atoms with Crippen LogP contribution in [0.2, 0.25) is 0 Å². The number of carbonyl (C=O) groups is 2. The third-order valence-electron chi connectivity index (χ3n) is 6.07. The highest BCUT2D eigenvalue weighted by Crippen LogP contribution is 2.44. The van der Waals surface area contributed by atoms with E-state index in [1.165, 1.54) is 16.0 Å². The summed E-state index contributed by atoms with van der Waals surface area (Å²) < 4.78 is 11.1. The standard InChI is InChI=1S/C26H23NO4/c28-25-16-30-17-27(24(25)14-18-8-2-1-3-9-18)26(29)31-15-23-21-12-6-4-10-19(21)20-11-5-7-13-22(20)23/h1-13,23-24H,14-17H2/t24-/m0/s1. The number of hydrogen-bond donors (Lipinski definition) is 0. The summed E-state index contributed by atoms with van der Waals surface area (Å²) in [6.45, 7) is 0.292. The third kappa shape index (κ3) is 3.73. The summed E-state index contributed by atoms with van der Waals surface area (Å²) in [6.07, 6.45) is -0.0661. The minimum absolute atomic E-state index is 0.0185. The normalized spacial score (nSPS) is 17.9. The number of rotatable bonds is 4. The monoisotopic (exact) mass is 413 g/mol. The molecule has 0 saturated carbocycles. The number of carbonyl (C=O) groups excluding carboxylic acids is 2. The van der Waals surface area contributed by atoms with Gasteiger partial charge in [0.15, 0.2) is 5.78 Å². The summed E-state index contributed by atoms with van der Waals surface area (Å²) in [5, 5.41) is 0. The largest absolute Gasteiger partial charge is 0.448 e. The van der Waals surface area contributed by atoms with Gasteiger partial charge in [0.05, 0.1) is 0 Å². The van der Waals surface area contributed by atoms with E-state index in [0.717, 1.165) is 16.7 Å². The Kier molecular flexibility index (Phi) is 5.26. The lowest BCUT2D eigenvalue weighted by Gasteiger charge is -2.33. The lowest BCUT2D eigenvalue weighted by molar-refractivity contribution is -0.140. The second-order valence-electron chi connectivity index (χ2n) is 7.92. The van der Waals surface area contributed by atoms with Crippen molar-refractivity contribution in [2.75, 3.05) is 19.9 Å². The number of benzene rings is 3. The first-order valence-electron chi connectivity index (χ1n) is 10.5. The van der Waals surface area contributed by atoms with E-state index in [4.69, 9.17) is 9.47 Å². The Labute approximate surface area is 181 Å². The van der Waals surface area contributed by atoms with Crippen LogP contribution in [0, 0.1) is 0 Å². The van der Waals surface area contributed by atoms with Crippen LogP contribution in [0.3, 0.4) is 0 Å². The van der Waals surface area contributed by atoms with Crippen molar-refractivity contribution in [3.05, 3.63) is 95.6 Å². The first-order valence-corrected chi connectivity index (χ1v) is 10.5. The van der Waals surface area contributed by atoms with Gasteiger partial charge in [-0.3, -0.25) is 9.69 Å². The number of Topliss-reactive ketones (excluding diaryl/α,β-unsaturated/α-hetero) is 1. The molecule has 0 unspecified atom stereocenters. The molecule has 3 aromatic rings. The van der Waals surface area contributed by atoms with E-state index in [2.05, 4.69) is 24.3 Å². The average Bonchev–Trinajstić information content (AvgIpc) is 3.13. The van der Waals surface area contributed by atoms with Crippen molar-refractivity contribution in [3.8, 4) is 11.1 Å². The molecule has 156 valence electrons. The molecule has 0 N–H and O–H groups in total. The molecular formula is C26H23NO4. The van der Waals surface area contributed by atoms with Crippen LogP contribution >= 0.6 is 0 Å². The maximum atomic E-state index is 13.0. The fourth-order valence-corrected chi connectivity index (χ4v) is 4.52. The van der Waals surface area contributed by atoms with Gasteiger partial charge >= 0.3 is 6.09 Å². The Morgan fingerprint density at radius 2 is 1.52 bits per heavy atom. The van der Waals surface area contributed by atoms with Crippen LogP contribution < -0.4 is 0 Å². The molecule has 5 nitrogen and oxygen atoms in total. The van der Waals surface area contributed by atoms with Gasteiger partial charge < -0.3 is 9.47 Å². The lowest BCUT2D eigenvalue weighted by atomic mass is 9.98. The van der Waals surface area contributed by atoms with Crippen molar-refractivity contribution in [1.29, 1.82) is 0 Å². The van der Waals surface area contributed by atoms with Gasteiger partial charge in [-0.1, -0.05) is 78.9 Å². The van der Waals surface area contributed by atoms with Crippen molar-refractivity contribution < 1.29 is 19.1 Å². The predicted octanol–water partition coefficient (Wildman–Crippen LogP) is 4.41. The highest BCUT2D eigenvalue weighted by atomic mass is 16.6. The summed E-state index contributed by atoms with van der Waals surface area (Å²) in [5.74, 6) is -0.131. The quantitative estimate of drug-likeness (QED) is 0.636. The van der Waals surface area contributed by atoms with Crippen LogP contribution in [0.25, 0.3) is 11.1 Å². The Bertz CT molecular complexity index is 1070. The molecule has 1 heterocycles. The van der Waals surface area contributed by atoms with Gasteiger partial charge in [-0.15, -0.1) is 0 Å². The number of ether oxygens (including phenoxy) is 2. The van der Waals surface area contributed by atoms with Gasteiger partial charge in [-0.25, -0.2) is 4.79 Å². The molecule has 1 saturated heterocycles. The zero-order chi connectivity index (χ0) is 21.2. The van der Waals surface area contributed by atoms with Crippen LogP contribution in [0.5, 0.6) is 0 Å². The molecule has 1 aliphatic heterocycles. The molecular weight excluding hydrogens is 390 g/mol. The zero-order valence-corrected chi connectivity index (χ0v) is 17.1. The number of amides is 1. The molecule has 31 heavy (non-hydrogen) atoms. The molecule has 1 atom stereocenters. The Morgan fingerprint density at radius 3 is 2.19 bits per heavy atom. The highest BCUT2D eigenvalue weighted by molar-refractivity contribution is 5.89. The third-order valence-corrected chi connectivity index (χ3v) is 6.07. The number of fused-ring (bicyclic) bond motifs is 3. The fourth-order valence-electron chi connectivity index (χ4n) is 4.52. The SMILES string of the molecule is O=C1COCN(C(=O)OCC2c3ccccc3-c3ccccc32)[C@H]1Cc1ccccc1. The molecule has 0 aromatic heterocycles. The van der Waals surface area contributed by atoms with E-state index in [-0.39, 0.29) is 31.6 Å². The Morgan fingerprint density at radius 1 is 0.903 bits per heavy atom. The van der Waals surface area contributed by atoms with Gasteiger partial charge in [0, 0.05) is 12.3 Å². The molecule has 1 amide bonds. The molecule has 0 bridgehead atoms. The van der Waals surface area contributed by atoms with Crippen LogP contribution in [0.15, 0.2) is 78.9 Å². The first-order chi connectivity index (χ1) is 15.2. The summed E-state index contributed by atoms with van der Waals surface area (Å²) in [4.78, 5) is 26.9. The average molecular weight is 413 g/mol. The predicted molar refractivity (Wildman–Crippen MR) is 117 cm³/mol. The van der Waals surface area contributed by atoms with E-state index in [1.54, 1.807) is 0 Å². The van der Waals surface area contributed by atoms with Gasteiger partial charge in [0.25, 0.3) is 0 Å². The van der Waals surface area contributed by atoms with Crippen LogP contribution in [-0.2, 0) is 20.7 Å². The second kappa shape index (κ2) is 8.36. The van der Waals surface area contributed by atoms with Gasteiger partial charge in [0.2, 0.25) is 0 Å². The van der Waals surface area contributed by atoms with Crippen molar-refractivity contribution in [3.63, 3.8) is 0 Å². The molecule has 3 aromatic carbocycles. The fraction of sp³-hybridized carbons (Fsp3) is 0.231. The minimum atomic E-state index is -0.577. The molecule has 0 radical (unpaired) electrons. The smallest absolute Gasteiger partial charge is 0.412 e. The number of ketones is 1. The molecule has 2 aliphatic rings. The minimum Gasteiger partial charge on any atom is -0.448 e. The maximum absolute atomic E-state index is 13.0. The van der Waals surface area contributed by atoms with E-state index in [9.17, 15) is 9.59 Å². The van der Waals surface area contributed by atoms with Crippen molar-refractivity contribution in [1.82, 2.24) is 4.90 Å². The van der Waals surface area contributed by atoms with E-state index < -0.39 is 12.1 Å².